The summed E-state index contributed by atoms with van der Waals surface area (Å²) in [6, 6.07) is 0. The van der Waals surface area contributed by atoms with E-state index in [4.69, 9.17) is 5.11 Å². The largest absolute Gasteiger partial charge is 2.00 e. The van der Waals surface area contributed by atoms with Crippen LogP contribution < -0.4 is 10.2 Å². The van der Waals surface area contributed by atoms with E-state index in [0.29, 0.717) is 6.42 Å². The van der Waals surface area contributed by atoms with Crippen LogP contribution in [0.1, 0.15) is 329 Å². The number of rotatable bonds is 48. The van der Waals surface area contributed by atoms with E-state index >= 15 is 0 Å². The molecule has 0 fully saturated rings. The summed E-state index contributed by atoms with van der Waals surface area (Å²) in [6.45, 7) is 6.80. The predicted octanol–water partition coefficient (Wildman–Crippen LogP) is 16.3. The molecular formula is C54H106CdO6. The van der Waals surface area contributed by atoms with Crippen LogP contribution in [-0.4, -0.2) is 23.0 Å². The maximum absolute atomic E-state index is 10.3. The van der Waals surface area contributed by atoms with Crippen LogP contribution in [0.25, 0.3) is 0 Å². The van der Waals surface area contributed by atoms with Crippen LogP contribution in [0.4, 0.5) is 0 Å². The molecule has 1 N–H and O–H groups in total. The first-order valence-corrected chi connectivity index (χ1v) is 26.9. The Hall–Kier alpha value is -0.668. The second-order valence-corrected chi connectivity index (χ2v) is 18.2. The molecule has 360 valence electrons. The number of hydrogen-bond donors (Lipinski definition) is 1. The van der Waals surface area contributed by atoms with E-state index in [-0.39, 0.29) is 40.1 Å². The van der Waals surface area contributed by atoms with Crippen LogP contribution in [0.15, 0.2) is 0 Å². The first kappa shape index (κ1) is 66.9. The first-order valence-electron chi connectivity index (χ1n) is 26.9. The summed E-state index contributed by atoms with van der Waals surface area (Å²) < 4.78 is 0. The van der Waals surface area contributed by atoms with Gasteiger partial charge in [0.05, 0.1) is 0 Å². The molecule has 0 rings (SSSR count). The number of carbonyl (C=O) groups is 3. The molecule has 0 aromatic rings. The molecule has 7 heteroatoms. The van der Waals surface area contributed by atoms with Gasteiger partial charge in [0.1, 0.15) is 0 Å². The Morgan fingerprint density at radius 3 is 0.525 bits per heavy atom. The van der Waals surface area contributed by atoms with Crippen molar-refractivity contribution in [1.29, 1.82) is 0 Å². The number of hydrogen-bond acceptors (Lipinski definition) is 5. The average Bonchev–Trinajstić information content (AvgIpc) is 3.22. The zero-order valence-corrected chi connectivity index (χ0v) is 45.7. The third-order valence-corrected chi connectivity index (χ3v) is 12.0. The maximum atomic E-state index is 10.3. The van der Waals surface area contributed by atoms with Gasteiger partial charge in [0.15, 0.2) is 0 Å². The van der Waals surface area contributed by atoms with E-state index in [1.165, 1.54) is 250 Å². The minimum atomic E-state index is -0.903. The van der Waals surface area contributed by atoms with Crippen molar-refractivity contribution < 1.29 is 57.0 Å². The van der Waals surface area contributed by atoms with Crippen LogP contribution in [-0.2, 0) is 41.7 Å². The summed E-state index contributed by atoms with van der Waals surface area (Å²) in [6.07, 6.45) is 59.9. The molecule has 0 amide bonds. The van der Waals surface area contributed by atoms with E-state index in [0.717, 1.165) is 38.5 Å². The molecule has 0 aliphatic rings. The molecule has 0 aliphatic heterocycles. The number of carboxylic acids is 3. The molecule has 0 saturated heterocycles. The smallest absolute Gasteiger partial charge is 0.550 e. The van der Waals surface area contributed by atoms with Gasteiger partial charge in [0.25, 0.3) is 0 Å². The third kappa shape index (κ3) is 77.0. The SMILES string of the molecule is CCCCCCCCCCCCCCCCCC(=O)O.CCCCCCCCCCCCCCCCCC(=O)[O-].CCCCCCCCCCCCCCCCCC(=O)[O-].[Cd+2]. The van der Waals surface area contributed by atoms with Crippen molar-refractivity contribution in [2.24, 2.45) is 0 Å². The Bertz CT molecular complexity index is 717. The molecule has 0 radical (unpaired) electrons. The number of carbonyl (C=O) groups excluding carboxylic acids is 2. The zero-order chi connectivity index (χ0) is 44.7. The van der Waals surface area contributed by atoms with Crippen LogP contribution in [0.5, 0.6) is 0 Å². The molecule has 0 atom stereocenters. The van der Waals surface area contributed by atoms with Gasteiger partial charge in [-0.3, -0.25) is 4.79 Å². The van der Waals surface area contributed by atoms with E-state index in [1.807, 2.05) is 0 Å². The maximum Gasteiger partial charge on any atom is 2.00 e. The average molecular weight is 964 g/mol. The fourth-order valence-corrected chi connectivity index (χ4v) is 7.93. The van der Waals surface area contributed by atoms with Crippen molar-refractivity contribution in [2.75, 3.05) is 0 Å². The molecule has 6 nitrogen and oxygen atoms in total. The topological polar surface area (TPSA) is 118 Å². The van der Waals surface area contributed by atoms with Gasteiger partial charge in [-0.1, -0.05) is 290 Å². The molecule has 0 aliphatic carbocycles. The second-order valence-electron chi connectivity index (χ2n) is 18.2. The Kier molecular flexibility index (Phi) is 69.8. The quantitative estimate of drug-likeness (QED) is 0.0479. The fourth-order valence-electron chi connectivity index (χ4n) is 7.93. The normalized spacial score (nSPS) is 10.7. The molecule has 0 unspecified atom stereocenters. The minimum absolute atomic E-state index is 0. The van der Waals surface area contributed by atoms with Crippen molar-refractivity contribution in [3.05, 3.63) is 0 Å². The minimum Gasteiger partial charge on any atom is -0.550 e. The first-order chi connectivity index (χ1) is 29.3. The van der Waals surface area contributed by atoms with Crippen LogP contribution in [0.3, 0.4) is 0 Å². The molecule has 0 heterocycles. The summed E-state index contributed by atoms with van der Waals surface area (Å²) in [5.41, 5.74) is 0. The predicted molar refractivity (Wildman–Crippen MR) is 256 cm³/mol. The standard InChI is InChI=1S/3C18H36O2.Cd/c3*1-2-3-4-5-6-7-8-9-10-11-12-13-14-15-16-17-18(19)20;/h3*2-17H2,1H3,(H,19,20);/q;;;+2/p-2. The van der Waals surface area contributed by atoms with Crippen molar-refractivity contribution in [2.45, 2.75) is 329 Å². The molecule has 0 aromatic carbocycles. The van der Waals surface area contributed by atoms with Crippen LogP contribution >= 0.6 is 0 Å². The molecule has 0 saturated carbocycles. The van der Waals surface area contributed by atoms with E-state index in [9.17, 15) is 24.6 Å². The zero-order valence-electron chi connectivity index (χ0n) is 41.6. The van der Waals surface area contributed by atoms with Crippen molar-refractivity contribution in [3.63, 3.8) is 0 Å². The van der Waals surface area contributed by atoms with Crippen molar-refractivity contribution in [1.82, 2.24) is 0 Å². The van der Waals surface area contributed by atoms with Gasteiger partial charge >= 0.3 is 33.3 Å². The van der Waals surface area contributed by atoms with E-state index in [1.54, 1.807) is 0 Å². The van der Waals surface area contributed by atoms with Gasteiger partial charge in [0, 0.05) is 18.4 Å². The van der Waals surface area contributed by atoms with Gasteiger partial charge < -0.3 is 24.9 Å². The van der Waals surface area contributed by atoms with Gasteiger partial charge in [-0.15, -0.1) is 0 Å². The second kappa shape index (κ2) is 63.6. The van der Waals surface area contributed by atoms with E-state index < -0.39 is 17.9 Å². The Morgan fingerprint density at radius 1 is 0.262 bits per heavy atom. The molecule has 61 heavy (non-hydrogen) atoms. The summed E-state index contributed by atoms with van der Waals surface area (Å²) in [7, 11) is 0. The summed E-state index contributed by atoms with van der Waals surface area (Å²) in [4.78, 5) is 30.8. The fraction of sp³-hybridized carbons (Fsp3) is 0.944. The third-order valence-electron chi connectivity index (χ3n) is 12.0. The monoisotopic (exact) mass is 965 g/mol. The Labute approximate surface area is 401 Å². The summed E-state index contributed by atoms with van der Waals surface area (Å²) in [5, 5.41) is 29.0. The van der Waals surface area contributed by atoms with Crippen molar-refractivity contribution in [3.8, 4) is 0 Å². The van der Waals surface area contributed by atoms with E-state index in [2.05, 4.69) is 20.8 Å². The molecular weight excluding hydrogens is 857 g/mol. The Morgan fingerprint density at radius 2 is 0.393 bits per heavy atom. The van der Waals surface area contributed by atoms with Crippen LogP contribution in [0, 0.1) is 0 Å². The van der Waals surface area contributed by atoms with Gasteiger partial charge in [-0.05, 0) is 32.1 Å². The van der Waals surface area contributed by atoms with Gasteiger partial charge in [-0.25, -0.2) is 0 Å². The molecule has 0 bridgehead atoms. The summed E-state index contributed by atoms with van der Waals surface area (Å²) >= 11 is 0. The number of unbranched alkanes of at least 4 members (excludes halogenated alkanes) is 42. The van der Waals surface area contributed by atoms with Gasteiger partial charge in [-0.2, -0.15) is 0 Å². The number of carboxylic acid groups (broad SMARTS) is 3. The summed E-state index contributed by atoms with van der Waals surface area (Å²) in [5.74, 6) is -2.46. The molecule has 0 aromatic heterocycles. The van der Waals surface area contributed by atoms with Crippen molar-refractivity contribution >= 4 is 17.9 Å². The number of aliphatic carboxylic acids is 3. The van der Waals surface area contributed by atoms with Gasteiger partial charge in [0.2, 0.25) is 0 Å². The molecule has 0 spiro atoms. The Balaban J connectivity index is -0.000000396. The van der Waals surface area contributed by atoms with Crippen LogP contribution in [0.2, 0.25) is 0 Å².